The van der Waals surface area contributed by atoms with Gasteiger partial charge < -0.3 is 5.32 Å². The molecular formula is C11H17N3O. The summed E-state index contributed by atoms with van der Waals surface area (Å²) in [5, 5.41) is 3.02. The Bertz CT molecular complexity index is 365. The quantitative estimate of drug-likeness (QED) is 0.764. The van der Waals surface area contributed by atoms with Crippen molar-refractivity contribution in [2.24, 2.45) is 10.8 Å². The fraction of sp³-hybridized carbons (Fsp3) is 0.636. The van der Waals surface area contributed by atoms with Crippen LogP contribution in [0.3, 0.4) is 0 Å². The van der Waals surface area contributed by atoms with Gasteiger partial charge in [0.25, 0.3) is 0 Å². The molecule has 2 rings (SSSR count). The highest BCUT2D eigenvalue weighted by atomic mass is 16.2. The molecule has 1 aromatic heterocycles. The lowest BCUT2D eigenvalue weighted by Crippen LogP contribution is -2.32. The zero-order chi connectivity index (χ0) is 11.3. The molecule has 1 fully saturated rings. The third kappa shape index (κ3) is 1.35. The van der Waals surface area contributed by atoms with Crippen molar-refractivity contribution in [1.82, 2.24) is 14.9 Å². The van der Waals surface area contributed by atoms with Gasteiger partial charge in [0.05, 0.1) is 0 Å². The summed E-state index contributed by atoms with van der Waals surface area (Å²) in [4.78, 5) is 15.6. The van der Waals surface area contributed by atoms with Gasteiger partial charge in [0.15, 0.2) is 0 Å². The number of aromatic nitrogens is 2. The lowest BCUT2D eigenvalue weighted by Gasteiger charge is -2.06. The zero-order valence-electron chi connectivity index (χ0n) is 9.61. The topological polar surface area (TPSA) is 46.9 Å². The Morgan fingerprint density at radius 1 is 1.33 bits per heavy atom. The monoisotopic (exact) mass is 207 g/mol. The summed E-state index contributed by atoms with van der Waals surface area (Å²) in [6.45, 7) is 8.69. The van der Waals surface area contributed by atoms with E-state index < -0.39 is 0 Å². The number of hydrogen-bond donors (Lipinski definition) is 1. The molecule has 1 aliphatic rings. The van der Waals surface area contributed by atoms with E-state index in [2.05, 4.69) is 38.0 Å². The highest BCUT2D eigenvalue weighted by Gasteiger charge is 2.65. The Kier molecular flexibility index (Phi) is 1.93. The first-order valence-electron chi connectivity index (χ1n) is 5.16. The fourth-order valence-electron chi connectivity index (χ4n) is 2.13. The van der Waals surface area contributed by atoms with Crippen molar-refractivity contribution in [2.75, 3.05) is 0 Å². The van der Waals surface area contributed by atoms with Crippen molar-refractivity contribution in [1.29, 1.82) is 0 Å². The Morgan fingerprint density at radius 3 is 2.33 bits per heavy atom. The van der Waals surface area contributed by atoms with Gasteiger partial charge in [-0.1, -0.05) is 27.7 Å². The first kappa shape index (κ1) is 10.2. The van der Waals surface area contributed by atoms with E-state index >= 15 is 0 Å². The number of carbonyl (C=O) groups is 1. The van der Waals surface area contributed by atoms with E-state index in [-0.39, 0.29) is 22.9 Å². The number of nitrogens with one attached hydrogen (secondary N) is 1. The van der Waals surface area contributed by atoms with Gasteiger partial charge in [-0.3, -0.25) is 4.57 Å². The molecule has 0 bridgehead atoms. The van der Waals surface area contributed by atoms with E-state index in [1.807, 2.05) is 0 Å². The number of carbonyl (C=O) groups excluding carboxylic acids is 1. The molecule has 1 aliphatic carbocycles. The molecule has 4 heteroatoms. The summed E-state index contributed by atoms with van der Waals surface area (Å²) in [5.41, 5.74) is 0.340. The summed E-state index contributed by atoms with van der Waals surface area (Å²) in [5.74, 6) is 0. The van der Waals surface area contributed by atoms with Gasteiger partial charge in [-0.05, 0) is 10.8 Å². The molecule has 1 saturated carbocycles. The average molecular weight is 207 g/mol. The number of imidazole rings is 1. The molecule has 0 aliphatic heterocycles. The van der Waals surface area contributed by atoms with E-state index in [0.29, 0.717) is 0 Å². The minimum absolute atomic E-state index is 0.101. The van der Waals surface area contributed by atoms with Gasteiger partial charge in [0.2, 0.25) is 0 Å². The van der Waals surface area contributed by atoms with Gasteiger partial charge in [-0.25, -0.2) is 9.78 Å². The van der Waals surface area contributed by atoms with Crippen LogP contribution in [-0.2, 0) is 0 Å². The second kappa shape index (κ2) is 2.84. The molecule has 82 valence electrons. The molecule has 1 heterocycles. The van der Waals surface area contributed by atoms with Crippen molar-refractivity contribution in [3.8, 4) is 0 Å². The van der Waals surface area contributed by atoms with Crippen LogP contribution in [0, 0.1) is 10.8 Å². The van der Waals surface area contributed by atoms with E-state index in [9.17, 15) is 4.79 Å². The molecule has 0 spiro atoms. The van der Waals surface area contributed by atoms with Crippen molar-refractivity contribution in [3.63, 3.8) is 0 Å². The van der Waals surface area contributed by atoms with Crippen LogP contribution in [0.2, 0.25) is 0 Å². The first-order chi connectivity index (χ1) is 6.87. The van der Waals surface area contributed by atoms with Crippen LogP contribution in [0.4, 0.5) is 4.79 Å². The molecule has 0 atom stereocenters. The Morgan fingerprint density at radius 2 is 1.93 bits per heavy atom. The Labute approximate surface area is 89.7 Å². The van der Waals surface area contributed by atoms with Crippen molar-refractivity contribution < 1.29 is 4.79 Å². The van der Waals surface area contributed by atoms with Gasteiger partial charge in [-0.2, -0.15) is 0 Å². The summed E-state index contributed by atoms with van der Waals surface area (Å²) in [7, 11) is 0. The predicted octanol–water partition coefficient (Wildman–Crippen LogP) is 1.88. The standard InChI is InChI=1S/C11H17N3O/c1-10(2)8(11(10,3)4)13-9(15)14-6-5-12-7-14/h5-8H,1-4H3,(H,13,15). The van der Waals surface area contributed by atoms with Gasteiger partial charge in [0.1, 0.15) is 6.33 Å². The molecule has 0 unspecified atom stereocenters. The van der Waals surface area contributed by atoms with Crippen LogP contribution >= 0.6 is 0 Å². The first-order valence-corrected chi connectivity index (χ1v) is 5.16. The average Bonchev–Trinajstić information content (AvgIpc) is 2.65. The van der Waals surface area contributed by atoms with Crippen LogP contribution < -0.4 is 5.32 Å². The maximum absolute atomic E-state index is 11.7. The van der Waals surface area contributed by atoms with Crippen molar-refractivity contribution in [2.45, 2.75) is 33.7 Å². The third-order valence-electron chi connectivity index (χ3n) is 4.03. The van der Waals surface area contributed by atoms with E-state index in [1.54, 1.807) is 12.4 Å². The highest BCUT2D eigenvalue weighted by Crippen LogP contribution is 2.62. The minimum atomic E-state index is -0.101. The van der Waals surface area contributed by atoms with Gasteiger partial charge >= 0.3 is 6.03 Å². The summed E-state index contributed by atoms with van der Waals surface area (Å²) >= 11 is 0. The van der Waals surface area contributed by atoms with E-state index in [1.165, 1.54) is 10.9 Å². The summed E-state index contributed by atoms with van der Waals surface area (Å²) in [6.07, 6.45) is 4.76. The van der Waals surface area contributed by atoms with E-state index in [4.69, 9.17) is 0 Å². The molecule has 4 nitrogen and oxygen atoms in total. The molecule has 1 amide bonds. The minimum Gasteiger partial charge on any atom is -0.334 e. The molecule has 15 heavy (non-hydrogen) atoms. The molecule has 0 aromatic carbocycles. The lowest BCUT2D eigenvalue weighted by atomic mass is 10.0. The van der Waals surface area contributed by atoms with Crippen LogP contribution in [0.15, 0.2) is 18.7 Å². The molecule has 0 saturated heterocycles. The van der Waals surface area contributed by atoms with Gasteiger partial charge in [0, 0.05) is 18.4 Å². The summed E-state index contributed by atoms with van der Waals surface area (Å²) in [6, 6.07) is 0.135. The number of nitrogens with zero attached hydrogens (tertiary/aromatic N) is 2. The third-order valence-corrected chi connectivity index (χ3v) is 4.03. The largest absolute Gasteiger partial charge is 0.334 e. The van der Waals surface area contributed by atoms with Crippen molar-refractivity contribution >= 4 is 6.03 Å². The molecule has 1 N–H and O–H groups in total. The number of rotatable bonds is 1. The van der Waals surface area contributed by atoms with Crippen LogP contribution in [-0.4, -0.2) is 21.6 Å². The highest BCUT2D eigenvalue weighted by molar-refractivity contribution is 5.77. The molecule has 1 aromatic rings. The van der Waals surface area contributed by atoms with Gasteiger partial charge in [-0.15, -0.1) is 0 Å². The van der Waals surface area contributed by atoms with E-state index in [0.717, 1.165) is 0 Å². The normalized spacial score (nSPS) is 22.4. The lowest BCUT2D eigenvalue weighted by molar-refractivity contribution is 0.240. The fourth-order valence-corrected chi connectivity index (χ4v) is 2.13. The Balaban J connectivity index is 2.04. The number of amides is 1. The maximum atomic E-state index is 11.7. The predicted molar refractivity (Wildman–Crippen MR) is 57.5 cm³/mol. The van der Waals surface area contributed by atoms with Crippen molar-refractivity contribution in [3.05, 3.63) is 18.7 Å². The SMILES string of the molecule is CC1(C)C(NC(=O)n2ccnc2)C1(C)C. The smallest absolute Gasteiger partial charge is 0.327 e. The van der Waals surface area contributed by atoms with Crippen LogP contribution in [0.5, 0.6) is 0 Å². The maximum Gasteiger partial charge on any atom is 0.327 e. The number of hydrogen-bond acceptors (Lipinski definition) is 2. The Hall–Kier alpha value is -1.32. The zero-order valence-corrected chi connectivity index (χ0v) is 9.61. The second-order valence-corrected chi connectivity index (χ2v) is 5.30. The van der Waals surface area contributed by atoms with Crippen LogP contribution in [0.25, 0.3) is 0 Å². The molecule has 0 radical (unpaired) electrons. The van der Waals surface area contributed by atoms with Crippen LogP contribution in [0.1, 0.15) is 27.7 Å². The summed E-state index contributed by atoms with van der Waals surface area (Å²) < 4.78 is 1.46. The second-order valence-electron chi connectivity index (χ2n) is 5.30. The molecular weight excluding hydrogens is 190 g/mol.